The average Bonchev–Trinajstić information content (AvgIpc) is 2.94. The molecule has 1 aromatic carbocycles. The van der Waals surface area contributed by atoms with Crippen LogP contribution < -0.4 is 5.32 Å². The van der Waals surface area contributed by atoms with E-state index in [4.69, 9.17) is 0 Å². The summed E-state index contributed by atoms with van der Waals surface area (Å²) in [5.74, 6) is 0.451. The number of hydrogen-bond acceptors (Lipinski definition) is 4. The van der Waals surface area contributed by atoms with Gasteiger partial charge < -0.3 is 5.32 Å². The molecule has 7 heteroatoms. The summed E-state index contributed by atoms with van der Waals surface area (Å²) in [5, 5.41) is 10.4. The van der Waals surface area contributed by atoms with Crippen LogP contribution in [0.4, 0.5) is 4.39 Å². The Kier molecular flexibility index (Phi) is 5.74. The molecule has 0 spiro atoms. The van der Waals surface area contributed by atoms with Crippen molar-refractivity contribution in [3.05, 3.63) is 47.5 Å². The highest BCUT2D eigenvalue weighted by atomic mass is 32.2. The van der Waals surface area contributed by atoms with Crippen LogP contribution in [0.3, 0.4) is 0 Å². The van der Waals surface area contributed by atoms with E-state index in [9.17, 15) is 9.18 Å². The molecule has 21 heavy (non-hydrogen) atoms. The Morgan fingerprint density at radius 2 is 2.24 bits per heavy atom. The fourth-order valence-electron chi connectivity index (χ4n) is 1.79. The SMILES string of the molecule is CSCCCNC(=O)c1cn(Cc2ccccc2F)nn1. The Morgan fingerprint density at radius 1 is 1.43 bits per heavy atom. The van der Waals surface area contributed by atoms with Crippen molar-refractivity contribution < 1.29 is 9.18 Å². The van der Waals surface area contributed by atoms with Crippen LogP contribution in [-0.2, 0) is 6.54 Å². The van der Waals surface area contributed by atoms with E-state index in [1.165, 1.54) is 16.9 Å². The van der Waals surface area contributed by atoms with Crippen LogP contribution in [0.2, 0.25) is 0 Å². The van der Waals surface area contributed by atoms with Gasteiger partial charge in [-0.2, -0.15) is 11.8 Å². The van der Waals surface area contributed by atoms with E-state index in [0.29, 0.717) is 12.1 Å². The minimum absolute atomic E-state index is 0.246. The molecule has 0 unspecified atom stereocenters. The molecule has 0 radical (unpaired) electrons. The molecule has 2 aromatic rings. The van der Waals surface area contributed by atoms with Gasteiger partial charge in [0.25, 0.3) is 5.91 Å². The highest BCUT2D eigenvalue weighted by molar-refractivity contribution is 7.98. The lowest BCUT2D eigenvalue weighted by atomic mass is 10.2. The Bertz CT molecular complexity index is 602. The number of halogens is 1. The molecule has 0 bridgehead atoms. The summed E-state index contributed by atoms with van der Waals surface area (Å²) < 4.78 is 15.0. The number of rotatable bonds is 7. The van der Waals surface area contributed by atoms with Crippen LogP contribution in [-0.4, -0.2) is 39.5 Å². The quantitative estimate of drug-likeness (QED) is 0.794. The van der Waals surface area contributed by atoms with Gasteiger partial charge in [0.2, 0.25) is 0 Å². The van der Waals surface area contributed by atoms with Crippen LogP contribution in [0.15, 0.2) is 30.5 Å². The van der Waals surface area contributed by atoms with Gasteiger partial charge in [0, 0.05) is 12.1 Å². The molecule has 1 N–H and O–H groups in total. The molecule has 112 valence electrons. The van der Waals surface area contributed by atoms with Crippen molar-refractivity contribution >= 4 is 17.7 Å². The van der Waals surface area contributed by atoms with Crippen molar-refractivity contribution in [2.24, 2.45) is 0 Å². The zero-order valence-electron chi connectivity index (χ0n) is 11.8. The molecule has 0 aliphatic rings. The summed E-state index contributed by atoms with van der Waals surface area (Å²) >= 11 is 1.74. The minimum atomic E-state index is -0.295. The van der Waals surface area contributed by atoms with Gasteiger partial charge in [-0.25, -0.2) is 9.07 Å². The zero-order valence-corrected chi connectivity index (χ0v) is 12.6. The number of amides is 1. The van der Waals surface area contributed by atoms with Gasteiger partial charge in [0.15, 0.2) is 5.69 Å². The van der Waals surface area contributed by atoms with Crippen molar-refractivity contribution in [1.29, 1.82) is 0 Å². The highest BCUT2D eigenvalue weighted by Crippen LogP contribution is 2.08. The number of nitrogens with zero attached hydrogens (tertiary/aromatic N) is 3. The first kappa shape index (κ1) is 15.5. The fourth-order valence-corrected chi connectivity index (χ4v) is 2.22. The largest absolute Gasteiger partial charge is 0.351 e. The fraction of sp³-hybridized carbons (Fsp3) is 0.357. The molecule has 0 atom stereocenters. The van der Waals surface area contributed by atoms with Crippen molar-refractivity contribution in [3.63, 3.8) is 0 Å². The second-order valence-electron chi connectivity index (χ2n) is 4.50. The van der Waals surface area contributed by atoms with Crippen LogP contribution in [0, 0.1) is 5.82 Å². The maximum absolute atomic E-state index is 13.5. The van der Waals surface area contributed by atoms with Gasteiger partial charge in [-0.1, -0.05) is 23.4 Å². The summed E-state index contributed by atoms with van der Waals surface area (Å²) in [6.07, 6.45) is 4.46. The van der Waals surface area contributed by atoms with Gasteiger partial charge in [0.05, 0.1) is 12.7 Å². The number of carbonyl (C=O) groups is 1. The molecule has 0 fully saturated rings. The van der Waals surface area contributed by atoms with Crippen molar-refractivity contribution in [1.82, 2.24) is 20.3 Å². The first-order chi connectivity index (χ1) is 10.2. The van der Waals surface area contributed by atoms with Gasteiger partial charge in [-0.05, 0) is 24.5 Å². The van der Waals surface area contributed by atoms with Gasteiger partial charge in [-0.15, -0.1) is 5.10 Å². The topological polar surface area (TPSA) is 59.8 Å². The molecule has 0 aliphatic carbocycles. The smallest absolute Gasteiger partial charge is 0.273 e. The standard InChI is InChI=1S/C14H17FN4OS/c1-21-8-4-7-16-14(20)13-10-19(18-17-13)9-11-5-2-3-6-12(11)15/h2-3,5-6,10H,4,7-9H2,1H3,(H,16,20). The summed E-state index contributed by atoms with van der Waals surface area (Å²) in [4.78, 5) is 11.8. The predicted octanol–water partition coefficient (Wildman–Crippen LogP) is 1.95. The third kappa shape index (κ3) is 4.56. The molecule has 0 aliphatic heterocycles. The third-order valence-electron chi connectivity index (χ3n) is 2.87. The Morgan fingerprint density at radius 3 is 3.00 bits per heavy atom. The number of thioether (sulfide) groups is 1. The molecule has 1 aromatic heterocycles. The van der Waals surface area contributed by atoms with E-state index in [1.807, 2.05) is 6.26 Å². The average molecular weight is 308 g/mol. The van der Waals surface area contributed by atoms with E-state index < -0.39 is 0 Å². The van der Waals surface area contributed by atoms with Crippen LogP contribution in [0.5, 0.6) is 0 Å². The minimum Gasteiger partial charge on any atom is -0.351 e. The van der Waals surface area contributed by atoms with Gasteiger partial charge >= 0.3 is 0 Å². The maximum atomic E-state index is 13.5. The van der Waals surface area contributed by atoms with E-state index in [2.05, 4.69) is 15.6 Å². The molecular formula is C14H17FN4OS. The first-order valence-electron chi connectivity index (χ1n) is 6.61. The monoisotopic (exact) mass is 308 g/mol. The number of aromatic nitrogens is 3. The van der Waals surface area contributed by atoms with Crippen LogP contribution >= 0.6 is 11.8 Å². The number of carbonyl (C=O) groups excluding carboxylic acids is 1. The summed E-state index contributed by atoms with van der Waals surface area (Å²) in [6, 6.07) is 6.47. The molecule has 1 heterocycles. The lowest BCUT2D eigenvalue weighted by Gasteiger charge is -2.02. The summed E-state index contributed by atoms with van der Waals surface area (Å²) in [5.41, 5.74) is 0.754. The first-order valence-corrected chi connectivity index (χ1v) is 8.01. The van der Waals surface area contributed by atoms with E-state index >= 15 is 0 Å². The second-order valence-corrected chi connectivity index (χ2v) is 5.48. The summed E-state index contributed by atoms with van der Waals surface area (Å²) in [7, 11) is 0. The highest BCUT2D eigenvalue weighted by Gasteiger charge is 2.11. The molecular weight excluding hydrogens is 291 g/mol. The van der Waals surface area contributed by atoms with E-state index in [0.717, 1.165) is 12.2 Å². The van der Waals surface area contributed by atoms with E-state index in [1.54, 1.807) is 30.0 Å². The zero-order chi connectivity index (χ0) is 15.1. The van der Waals surface area contributed by atoms with Crippen molar-refractivity contribution in [3.8, 4) is 0 Å². The van der Waals surface area contributed by atoms with Gasteiger partial charge in [-0.3, -0.25) is 4.79 Å². The normalized spacial score (nSPS) is 10.6. The summed E-state index contributed by atoms with van der Waals surface area (Å²) in [6.45, 7) is 0.860. The van der Waals surface area contributed by atoms with E-state index in [-0.39, 0.29) is 24.0 Å². The number of benzene rings is 1. The molecule has 1 amide bonds. The van der Waals surface area contributed by atoms with Crippen molar-refractivity contribution in [2.75, 3.05) is 18.6 Å². The Balaban J connectivity index is 1.92. The van der Waals surface area contributed by atoms with Crippen LogP contribution in [0.25, 0.3) is 0 Å². The predicted molar refractivity (Wildman–Crippen MR) is 80.9 cm³/mol. The lowest BCUT2D eigenvalue weighted by Crippen LogP contribution is -2.25. The maximum Gasteiger partial charge on any atom is 0.273 e. The van der Waals surface area contributed by atoms with Gasteiger partial charge in [0.1, 0.15) is 5.82 Å². The van der Waals surface area contributed by atoms with Crippen molar-refractivity contribution in [2.45, 2.75) is 13.0 Å². The number of nitrogens with one attached hydrogen (secondary N) is 1. The molecule has 0 saturated heterocycles. The molecule has 5 nitrogen and oxygen atoms in total. The molecule has 0 saturated carbocycles. The lowest BCUT2D eigenvalue weighted by molar-refractivity contribution is 0.0948. The second kappa shape index (κ2) is 7.78. The Hall–Kier alpha value is -1.89. The third-order valence-corrected chi connectivity index (χ3v) is 3.57. The Labute approximate surface area is 126 Å². The van der Waals surface area contributed by atoms with Crippen LogP contribution in [0.1, 0.15) is 22.5 Å². The number of hydrogen-bond donors (Lipinski definition) is 1. The molecule has 2 rings (SSSR count).